The van der Waals surface area contributed by atoms with Gasteiger partial charge in [-0.1, -0.05) is 67.5 Å². The number of benzene rings is 3. The molecule has 0 atom stereocenters. The van der Waals surface area contributed by atoms with Crippen molar-refractivity contribution in [3.63, 3.8) is 0 Å². The van der Waals surface area contributed by atoms with Crippen molar-refractivity contribution in [3.05, 3.63) is 112 Å². The van der Waals surface area contributed by atoms with Crippen LogP contribution in [0, 0.1) is 0 Å². The first kappa shape index (κ1) is 35.0. The molecule has 0 unspecified atom stereocenters. The van der Waals surface area contributed by atoms with Gasteiger partial charge in [0.2, 0.25) is 0 Å². The van der Waals surface area contributed by atoms with E-state index in [-0.39, 0.29) is 23.8 Å². The Balaban J connectivity index is 1.31. The van der Waals surface area contributed by atoms with Gasteiger partial charge in [0.05, 0.1) is 39.1 Å². The third-order valence-electron chi connectivity index (χ3n) is 7.97. The van der Waals surface area contributed by atoms with Crippen LogP contribution in [-0.2, 0) is 38.3 Å². The van der Waals surface area contributed by atoms with Gasteiger partial charge in [-0.25, -0.2) is 0 Å². The molecule has 8 heteroatoms. The van der Waals surface area contributed by atoms with Crippen LogP contribution >= 0.6 is 0 Å². The van der Waals surface area contributed by atoms with Crippen molar-refractivity contribution in [1.82, 2.24) is 0 Å². The normalized spacial score (nSPS) is 11.1. The van der Waals surface area contributed by atoms with E-state index in [0.29, 0.717) is 49.9 Å². The molecule has 0 N–H and O–H groups in total. The van der Waals surface area contributed by atoms with E-state index in [0.717, 1.165) is 65.9 Å². The number of hydrogen-bond acceptors (Lipinski definition) is 8. The van der Waals surface area contributed by atoms with E-state index >= 15 is 0 Å². The number of ether oxygens (including phenoxy) is 4. The van der Waals surface area contributed by atoms with E-state index in [1.807, 2.05) is 48.5 Å². The molecule has 0 fully saturated rings. The Bertz CT molecular complexity index is 1670. The summed E-state index contributed by atoms with van der Waals surface area (Å²) >= 11 is 0. The molecule has 0 aliphatic rings. The molecule has 47 heavy (non-hydrogen) atoms. The predicted molar refractivity (Wildman–Crippen MR) is 183 cm³/mol. The number of carbonyl (C=O) groups is 2. The van der Waals surface area contributed by atoms with Gasteiger partial charge in [-0.05, 0) is 73.4 Å². The van der Waals surface area contributed by atoms with E-state index in [9.17, 15) is 14.4 Å². The Labute approximate surface area is 276 Å². The van der Waals surface area contributed by atoms with Crippen molar-refractivity contribution in [3.8, 4) is 11.5 Å². The second kappa shape index (κ2) is 19.0. The van der Waals surface area contributed by atoms with Gasteiger partial charge in [0.15, 0.2) is 5.43 Å². The van der Waals surface area contributed by atoms with E-state index in [2.05, 4.69) is 18.2 Å². The van der Waals surface area contributed by atoms with Gasteiger partial charge in [0.1, 0.15) is 17.1 Å². The molecule has 0 amide bonds. The molecule has 0 bridgehead atoms. The number of methoxy groups -OCH3 is 2. The number of carbonyl (C=O) groups excluding carboxylic acids is 2. The average molecular weight is 641 g/mol. The standard InChI is InChI=1S/C39H44O8/c1-43-37(41)20-12-27-46-35-19-11-17-30(31(35)22-24-38(42)44-2)16-8-3-4-9-26-45-36-23-21-32-34(40)25-28-47-39(32)33(36)18-10-15-29-13-6-5-7-14-29/h5-7,10-11,13-15,17,19,21,23,25,28H,3-4,8-9,12,16,18,20,22,24,26-27H2,1-2H3/b15-10+. The molecular formula is C39H44O8. The molecule has 0 radical (unpaired) electrons. The summed E-state index contributed by atoms with van der Waals surface area (Å²) in [6.07, 6.45) is 12.5. The summed E-state index contributed by atoms with van der Waals surface area (Å²) in [5, 5.41) is 0.546. The molecule has 0 aliphatic carbocycles. The van der Waals surface area contributed by atoms with Crippen molar-refractivity contribution >= 4 is 29.0 Å². The highest BCUT2D eigenvalue weighted by Gasteiger charge is 2.14. The molecule has 1 aromatic heterocycles. The summed E-state index contributed by atoms with van der Waals surface area (Å²) in [4.78, 5) is 35.8. The van der Waals surface area contributed by atoms with E-state index in [1.54, 1.807) is 6.07 Å². The van der Waals surface area contributed by atoms with Crippen LogP contribution in [-0.4, -0.2) is 39.4 Å². The highest BCUT2D eigenvalue weighted by atomic mass is 16.5. The Morgan fingerprint density at radius 1 is 0.702 bits per heavy atom. The van der Waals surface area contributed by atoms with Crippen LogP contribution in [0.15, 0.2) is 88.3 Å². The third kappa shape index (κ3) is 10.9. The predicted octanol–water partition coefficient (Wildman–Crippen LogP) is 7.67. The van der Waals surface area contributed by atoms with Crippen LogP contribution in [0.1, 0.15) is 67.2 Å². The Hall–Kier alpha value is -4.85. The van der Waals surface area contributed by atoms with Crippen molar-refractivity contribution < 1.29 is 33.0 Å². The van der Waals surface area contributed by atoms with Crippen LogP contribution in [0.4, 0.5) is 0 Å². The van der Waals surface area contributed by atoms with Crippen molar-refractivity contribution in [2.24, 2.45) is 0 Å². The topological polar surface area (TPSA) is 101 Å². The minimum Gasteiger partial charge on any atom is -0.493 e. The number of esters is 2. The number of aryl methyl sites for hydroxylation is 1. The molecule has 4 aromatic rings. The second-order valence-corrected chi connectivity index (χ2v) is 11.2. The first-order valence-corrected chi connectivity index (χ1v) is 16.2. The molecule has 0 saturated carbocycles. The fourth-order valence-electron chi connectivity index (χ4n) is 5.44. The fourth-order valence-corrected chi connectivity index (χ4v) is 5.44. The Morgan fingerprint density at radius 2 is 1.43 bits per heavy atom. The summed E-state index contributed by atoms with van der Waals surface area (Å²) in [5.41, 5.74) is 4.61. The highest BCUT2D eigenvalue weighted by Crippen LogP contribution is 2.29. The second-order valence-electron chi connectivity index (χ2n) is 11.2. The van der Waals surface area contributed by atoms with Crippen LogP contribution < -0.4 is 14.9 Å². The average Bonchev–Trinajstić information content (AvgIpc) is 3.10. The molecule has 0 spiro atoms. The van der Waals surface area contributed by atoms with Gasteiger partial charge >= 0.3 is 11.9 Å². The van der Waals surface area contributed by atoms with Crippen LogP contribution in [0.3, 0.4) is 0 Å². The van der Waals surface area contributed by atoms with Crippen molar-refractivity contribution in [2.75, 3.05) is 27.4 Å². The number of hydrogen-bond donors (Lipinski definition) is 0. The summed E-state index contributed by atoms with van der Waals surface area (Å²) in [7, 11) is 2.77. The lowest BCUT2D eigenvalue weighted by Crippen LogP contribution is -2.08. The van der Waals surface area contributed by atoms with E-state index in [4.69, 9.17) is 23.4 Å². The molecule has 8 nitrogen and oxygen atoms in total. The lowest BCUT2D eigenvalue weighted by Gasteiger charge is -2.16. The minimum atomic E-state index is -0.264. The summed E-state index contributed by atoms with van der Waals surface area (Å²) in [6, 6.07) is 21.1. The first-order chi connectivity index (χ1) is 23.0. The van der Waals surface area contributed by atoms with Gasteiger partial charge in [0.25, 0.3) is 0 Å². The zero-order valence-corrected chi connectivity index (χ0v) is 27.3. The van der Waals surface area contributed by atoms with Crippen LogP contribution in [0.25, 0.3) is 17.0 Å². The third-order valence-corrected chi connectivity index (χ3v) is 7.97. The van der Waals surface area contributed by atoms with Crippen molar-refractivity contribution in [2.45, 2.75) is 64.2 Å². The largest absolute Gasteiger partial charge is 0.493 e. The molecule has 3 aromatic carbocycles. The Morgan fingerprint density at radius 3 is 2.21 bits per heavy atom. The number of unbranched alkanes of at least 4 members (excludes halogenated alkanes) is 3. The maximum atomic E-state index is 12.5. The first-order valence-electron chi connectivity index (χ1n) is 16.2. The van der Waals surface area contributed by atoms with Gasteiger partial charge in [-0.3, -0.25) is 14.4 Å². The highest BCUT2D eigenvalue weighted by molar-refractivity contribution is 5.82. The molecule has 0 saturated heterocycles. The summed E-state index contributed by atoms with van der Waals surface area (Å²) in [5.74, 6) is 0.939. The van der Waals surface area contributed by atoms with Gasteiger partial charge in [-0.2, -0.15) is 0 Å². The van der Waals surface area contributed by atoms with Crippen LogP contribution in [0.5, 0.6) is 11.5 Å². The van der Waals surface area contributed by atoms with E-state index in [1.165, 1.54) is 26.5 Å². The number of rotatable bonds is 19. The van der Waals surface area contributed by atoms with Gasteiger partial charge < -0.3 is 23.4 Å². The fraction of sp³-hybridized carbons (Fsp3) is 0.359. The molecular weight excluding hydrogens is 596 g/mol. The molecule has 0 aliphatic heterocycles. The zero-order chi connectivity index (χ0) is 33.3. The Kier molecular flexibility index (Phi) is 14.1. The number of fused-ring (bicyclic) bond motifs is 1. The lowest BCUT2D eigenvalue weighted by molar-refractivity contribution is -0.141. The number of allylic oxidation sites excluding steroid dienone is 1. The maximum absolute atomic E-state index is 12.5. The summed E-state index contributed by atoms with van der Waals surface area (Å²) < 4.78 is 27.6. The maximum Gasteiger partial charge on any atom is 0.305 e. The summed E-state index contributed by atoms with van der Waals surface area (Å²) in [6.45, 7) is 0.940. The smallest absolute Gasteiger partial charge is 0.305 e. The minimum absolute atomic E-state index is 0.0739. The lowest BCUT2D eigenvalue weighted by atomic mass is 9.96. The van der Waals surface area contributed by atoms with E-state index < -0.39 is 0 Å². The van der Waals surface area contributed by atoms with Crippen molar-refractivity contribution in [1.29, 1.82) is 0 Å². The van der Waals surface area contributed by atoms with Crippen LogP contribution in [0.2, 0.25) is 0 Å². The molecule has 1 heterocycles. The SMILES string of the molecule is COC(=O)CCCOc1cccc(CCCCCCOc2ccc3c(=O)ccoc3c2C/C=C/c2ccccc2)c1CCC(=O)OC. The van der Waals surface area contributed by atoms with Gasteiger partial charge in [-0.15, -0.1) is 0 Å². The zero-order valence-electron chi connectivity index (χ0n) is 27.3. The molecule has 4 rings (SSSR count). The quantitative estimate of drug-likeness (QED) is 0.0760. The van der Waals surface area contributed by atoms with Gasteiger partial charge in [0, 0.05) is 24.5 Å². The molecule has 248 valence electrons. The monoisotopic (exact) mass is 640 g/mol.